The summed E-state index contributed by atoms with van der Waals surface area (Å²) in [6.07, 6.45) is 7.93. The van der Waals surface area contributed by atoms with Crippen LogP contribution in [0.25, 0.3) is 10.9 Å². The normalized spacial score (nSPS) is 11.9. The summed E-state index contributed by atoms with van der Waals surface area (Å²) in [5.74, 6) is 3.35. The standard InChI is InChI=1S/C19H16ClN3S2/c1-3-12-6-5-7-13(8-12)23-19-14-9-17(25-18(24)4-2)15(20)10-16(14)21-11-22-19/h1,5-11,18,24H,4H2,2H3,(H,21,22,23). The molecule has 0 amide bonds. The molecule has 0 aliphatic heterocycles. The van der Waals surface area contributed by atoms with Crippen molar-refractivity contribution in [1.29, 1.82) is 0 Å². The van der Waals surface area contributed by atoms with Gasteiger partial charge in [-0.3, -0.25) is 0 Å². The average Bonchev–Trinajstić information content (AvgIpc) is 2.63. The smallest absolute Gasteiger partial charge is 0.141 e. The number of benzene rings is 2. The molecule has 1 heterocycles. The third-order valence-corrected chi connectivity index (χ3v) is 5.90. The molecule has 2 aromatic carbocycles. The van der Waals surface area contributed by atoms with E-state index in [1.54, 1.807) is 11.8 Å². The van der Waals surface area contributed by atoms with Crippen molar-refractivity contribution in [2.24, 2.45) is 0 Å². The van der Waals surface area contributed by atoms with Gasteiger partial charge in [0, 0.05) is 21.5 Å². The second-order valence-corrected chi connectivity index (χ2v) is 7.98. The van der Waals surface area contributed by atoms with Crippen LogP contribution in [-0.4, -0.2) is 14.5 Å². The molecule has 0 aliphatic carbocycles. The van der Waals surface area contributed by atoms with Gasteiger partial charge >= 0.3 is 0 Å². The molecule has 0 saturated heterocycles. The second-order valence-electron chi connectivity index (χ2n) is 5.35. The van der Waals surface area contributed by atoms with E-state index in [4.69, 9.17) is 18.0 Å². The average molecular weight is 386 g/mol. The first-order valence-electron chi connectivity index (χ1n) is 7.73. The monoisotopic (exact) mass is 385 g/mol. The van der Waals surface area contributed by atoms with Crippen molar-refractivity contribution >= 4 is 58.4 Å². The van der Waals surface area contributed by atoms with E-state index >= 15 is 0 Å². The summed E-state index contributed by atoms with van der Waals surface area (Å²) in [4.78, 5) is 9.67. The van der Waals surface area contributed by atoms with Crippen molar-refractivity contribution in [2.75, 3.05) is 5.32 Å². The molecule has 0 radical (unpaired) electrons. The van der Waals surface area contributed by atoms with Gasteiger partial charge in [0.15, 0.2) is 0 Å². The second kappa shape index (κ2) is 8.01. The van der Waals surface area contributed by atoms with E-state index in [2.05, 4.69) is 40.8 Å². The molecule has 0 spiro atoms. The number of nitrogens with zero attached hydrogens (tertiary/aromatic N) is 2. The topological polar surface area (TPSA) is 37.8 Å². The van der Waals surface area contributed by atoms with Crippen molar-refractivity contribution in [1.82, 2.24) is 9.97 Å². The summed E-state index contributed by atoms with van der Waals surface area (Å²) in [6, 6.07) is 11.5. The van der Waals surface area contributed by atoms with Gasteiger partial charge in [0.25, 0.3) is 0 Å². The molecular weight excluding hydrogens is 370 g/mol. The maximum absolute atomic E-state index is 6.40. The number of rotatable bonds is 5. The summed E-state index contributed by atoms with van der Waals surface area (Å²) in [7, 11) is 0. The number of hydrogen-bond acceptors (Lipinski definition) is 5. The van der Waals surface area contributed by atoms with E-state index in [1.165, 1.54) is 6.33 Å². The Kier molecular flexibility index (Phi) is 5.74. The number of fused-ring (bicyclic) bond motifs is 1. The first kappa shape index (κ1) is 17.9. The molecule has 126 valence electrons. The molecule has 0 aliphatic rings. The van der Waals surface area contributed by atoms with Gasteiger partial charge in [0.2, 0.25) is 0 Å². The number of thioether (sulfide) groups is 1. The zero-order valence-electron chi connectivity index (χ0n) is 13.5. The van der Waals surface area contributed by atoms with Crippen LogP contribution in [0.3, 0.4) is 0 Å². The fraction of sp³-hybridized carbons (Fsp3) is 0.158. The number of halogens is 1. The zero-order chi connectivity index (χ0) is 17.8. The van der Waals surface area contributed by atoms with Crippen molar-refractivity contribution in [3.05, 3.63) is 53.3 Å². The number of terminal acetylenes is 1. The number of nitrogens with one attached hydrogen (secondary N) is 1. The van der Waals surface area contributed by atoms with Crippen LogP contribution in [0, 0.1) is 12.3 Å². The molecule has 1 aromatic heterocycles. The van der Waals surface area contributed by atoms with Crippen LogP contribution in [0.15, 0.2) is 47.6 Å². The molecule has 3 aromatic rings. The minimum absolute atomic E-state index is 0.184. The predicted octanol–water partition coefficient (Wildman–Crippen LogP) is 5.77. The van der Waals surface area contributed by atoms with Gasteiger partial charge in [-0.25, -0.2) is 9.97 Å². The highest BCUT2D eigenvalue weighted by Crippen LogP contribution is 2.37. The Morgan fingerprint density at radius 2 is 2.16 bits per heavy atom. The molecule has 1 N–H and O–H groups in total. The number of hydrogen-bond donors (Lipinski definition) is 2. The Bertz CT molecular complexity index is 953. The van der Waals surface area contributed by atoms with Gasteiger partial charge < -0.3 is 5.32 Å². The summed E-state index contributed by atoms with van der Waals surface area (Å²) in [5, 5.41) is 4.89. The van der Waals surface area contributed by atoms with E-state index in [0.29, 0.717) is 10.8 Å². The molecule has 1 unspecified atom stereocenters. The lowest BCUT2D eigenvalue weighted by Crippen LogP contribution is -1.97. The lowest BCUT2D eigenvalue weighted by molar-refractivity contribution is 1.06. The Balaban J connectivity index is 2.02. The first-order chi connectivity index (χ1) is 12.1. The minimum atomic E-state index is 0.184. The molecule has 25 heavy (non-hydrogen) atoms. The Hall–Kier alpha value is -1.87. The van der Waals surface area contributed by atoms with Gasteiger partial charge in [-0.15, -0.1) is 18.2 Å². The quantitative estimate of drug-likeness (QED) is 0.253. The lowest BCUT2D eigenvalue weighted by atomic mass is 10.2. The third-order valence-electron chi connectivity index (χ3n) is 3.59. The van der Waals surface area contributed by atoms with Gasteiger partial charge in [0.1, 0.15) is 12.1 Å². The first-order valence-corrected chi connectivity index (χ1v) is 9.50. The van der Waals surface area contributed by atoms with Crippen LogP contribution in [0.5, 0.6) is 0 Å². The molecule has 6 heteroatoms. The fourth-order valence-corrected chi connectivity index (χ4v) is 3.75. The summed E-state index contributed by atoms with van der Waals surface area (Å²) in [5.41, 5.74) is 2.47. The Labute approximate surface area is 162 Å². The van der Waals surface area contributed by atoms with Crippen molar-refractivity contribution < 1.29 is 0 Å². The van der Waals surface area contributed by atoms with Gasteiger partial charge in [0.05, 0.1) is 15.1 Å². The predicted molar refractivity (Wildman–Crippen MR) is 111 cm³/mol. The molecule has 3 nitrogen and oxygen atoms in total. The molecule has 0 fully saturated rings. The minimum Gasteiger partial charge on any atom is -0.340 e. The summed E-state index contributed by atoms with van der Waals surface area (Å²) < 4.78 is 0.184. The maximum atomic E-state index is 6.40. The molecule has 3 rings (SSSR count). The van der Waals surface area contributed by atoms with E-state index < -0.39 is 0 Å². The summed E-state index contributed by atoms with van der Waals surface area (Å²) in [6.45, 7) is 2.09. The lowest BCUT2D eigenvalue weighted by Gasteiger charge is -2.13. The van der Waals surface area contributed by atoms with Gasteiger partial charge in [-0.05, 0) is 36.8 Å². The zero-order valence-corrected chi connectivity index (χ0v) is 16.0. The summed E-state index contributed by atoms with van der Waals surface area (Å²) >= 11 is 12.6. The largest absolute Gasteiger partial charge is 0.340 e. The van der Waals surface area contributed by atoms with E-state index in [-0.39, 0.29) is 4.58 Å². The highest BCUT2D eigenvalue weighted by Gasteiger charge is 2.12. The van der Waals surface area contributed by atoms with Gasteiger partial charge in [-0.1, -0.05) is 30.5 Å². The molecule has 0 saturated carbocycles. The van der Waals surface area contributed by atoms with Crippen LogP contribution >= 0.6 is 36.0 Å². The number of anilines is 2. The molecule has 1 atom stereocenters. The Morgan fingerprint density at radius 1 is 1.32 bits per heavy atom. The molecular formula is C19H16ClN3S2. The van der Waals surface area contributed by atoms with Crippen LogP contribution in [-0.2, 0) is 0 Å². The highest BCUT2D eigenvalue weighted by molar-refractivity contribution is 8.10. The third kappa shape index (κ3) is 4.21. The van der Waals surface area contributed by atoms with Crippen molar-refractivity contribution in [2.45, 2.75) is 22.8 Å². The molecule has 0 bridgehead atoms. The van der Waals surface area contributed by atoms with E-state index in [0.717, 1.165) is 33.5 Å². The van der Waals surface area contributed by atoms with Crippen molar-refractivity contribution in [3.63, 3.8) is 0 Å². The van der Waals surface area contributed by atoms with Crippen molar-refractivity contribution in [3.8, 4) is 12.3 Å². The fourth-order valence-electron chi connectivity index (χ4n) is 2.30. The van der Waals surface area contributed by atoms with Crippen LogP contribution in [0.1, 0.15) is 18.9 Å². The van der Waals surface area contributed by atoms with Crippen LogP contribution in [0.4, 0.5) is 11.5 Å². The maximum Gasteiger partial charge on any atom is 0.141 e. The number of aromatic nitrogens is 2. The van der Waals surface area contributed by atoms with E-state index in [1.807, 2.05) is 36.4 Å². The van der Waals surface area contributed by atoms with Gasteiger partial charge in [-0.2, -0.15) is 12.6 Å². The Morgan fingerprint density at radius 3 is 2.92 bits per heavy atom. The SMILES string of the molecule is C#Cc1cccc(Nc2ncnc3cc(Cl)c(SC(S)CC)cc23)c1. The van der Waals surface area contributed by atoms with Crippen LogP contribution in [0.2, 0.25) is 5.02 Å². The van der Waals surface area contributed by atoms with E-state index in [9.17, 15) is 0 Å². The number of thiol groups is 1. The van der Waals surface area contributed by atoms with Crippen LogP contribution < -0.4 is 5.32 Å². The highest BCUT2D eigenvalue weighted by atomic mass is 35.5.